The van der Waals surface area contributed by atoms with Crippen LogP contribution in [0.15, 0.2) is 23.8 Å². The molecule has 1 heterocycles. The molecular weight excluding hydrogens is 126 g/mol. The molecule has 0 spiro atoms. The van der Waals surface area contributed by atoms with Crippen LogP contribution >= 0.6 is 0 Å². The fourth-order valence-electron chi connectivity index (χ4n) is 1.05. The smallest absolute Gasteiger partial charge is 0.251 e. The third kappa shape index (κ3) is 0.856. The molecule has 0 saturated heterocycles. The molecule has 1 rings (SSSR count). The minimum atomic E-state index is 0.000000000000000222. The first-order valence-electron chi connectivity index (χ1n) is 3.31. The fourth-order valence-corrected chi connectivity index (χ4v) is 1.05. The second kappa shape index (κ2) is 2.29. The van der Waals surface area contributed by atoms with Gasteiger partial charge in [0.2, 0.25) is 0 Å². The maximum Gasteiger partial charge on any atom is 0.251 e. The Labute approximate surface area is 60.6 Å². The predicted molar refractivity (Wildman–Crippen MR) is 40.5 cm³/mol. The van der Waals surface area contributed by atoms with Crippen molar-refractivity contribution in [3.8, 4) is 0 Å². The van der Waals surface area contributed by atoms with Gasteiger partial charge < -0.3 is 5.32 Å². The van der Waals surface area contributed by atoms with Crippen LogP contribution in [-0.4, -0.2) is 11.9 Å². The molecule has 1 amide bonds. The van der Waals surface area contributed by atoms with Gasteiger partial charge in [-0.2, -0.15) is 0 Å². The van der Waals surface area contributed by atoms with Crippen molar-refractivity contribution >= 4 is 5.91 Å². The molecule has 1 unspecified atom stereocenters. The van der Waals surface area contributed by atoms with Crippen molar-refractivity contribution in [2.75, 3.05) is 0 Å². The highest BCUT2D eigenvalue weighted by Crippen LogP contribution is 2.16. The van der Waals surface area contributed by atoms with E-state index in [4.69, 9.17) is 0 Å². The first-order chi connectivity index (χ1) is 4.66. The van der Waals surface area contributed by atoms with Gasteiger partial charge in [-0.25, -0.2) is 0 Å². The minimum absolute atomic E-state index is 0.000000000000000222. The van der Waals surface area contributed by atoms with Crippen molar-refractivity contribution in [1.29, 1.82) is 0 Å². The van der Waals surface area contributed by atoms with Gasteiger partial charge in [-0.15, -0.1) is 0 Å². The Hall–Kier alpha value is -1.05. The van der Waals surface area contributed by atoms with E-state index in [1.807, 2.05) is 13.8 Å². The van der Waals surface area contributed by atoms with E-state index in [0.717, 1.165) is 11.1 Å². The largest absolute Gasteiger partial charge is 0.346 e. The van der Waals surface area contributed by atoms with Crippen molar-refractivity contribution < 1.29 is 4.79 Å². The van der Waals surface area contributed by atoms with E-state index in [-0.39, 0.29) is 11.9 Å². The highest BCUT2D eigenvalue weighted by molar-refractivity contribution is 5.99. The second-order valence-electron chi connectivity index (χ2n) is 2.50. The zero-order valence-corrected chi connectivity index (χ0v) is 6.27. The summed E-state index contributed by atoms with van der Waals surface area (Å²) in [6, 6.07) is 0.181. The third-order valence-electron chi connectivity index (χ3n) is 1.87. The summed E-state index contributed by atoms with van der Waals surface area (Å²) < 4.78 is 0. The highest BCUT2D eigenvalue weighted by Gasteiger charge is 2.22. The number of carbonyl (C=O) groups is 1. The zero-order valence-electron chi connectivity index (χ0n) is 6.27. The van der Waals surface area contributed by atoms with E-state index < -0.39 is 0 Å². The van der Waals surface area contributed by atoms with Gasteiger partial charge in [0, 0.05) is 11.6 Å². The van der Waals surface area contributed by atoms with Gasteiger partial charge in [0.05, 0.1) is 0 Å². The summed E-state index contributed by atoms with van der Waals surface area (Å²) in [6.45, 7) is 7.47. The fraction of sp³-hybridized carbons (Fsp3) is 0.375. The number of nitrogens with one attached hydrogen (secondary N) is 1. The van der Waals surface area contributed by atoms with E-state index in [2.05, 4.69) is 11.9 Å². The number of hydrogen-bond donors (Lipinski definition) is 1. The SMILES string of the molecule is C=CC1=C(C)C(C)NC1=O. The van der Waals surface area contributed by atoms with Gasteiger partial charge in [-0.1, -0.05) is 12.7 Å². The lowest BCUT2D eigenvalue weighted by atomic mass is 10.1. The minimum Gasteiger partial charge on any atom is -0.346 e. The maximum absolute atomic E-state index is 11.0. The summed E-state index contributed by atoms with van der Waals surface area (Å²) in [5, 5.41) is 2.78. The molecule has 0 aromatic rings. The Morgan fingerprint density at radius 3 is 2.50 bits per heavy atom. The first kappa shape index (κ1) is 7.06. The van der Waals surface area contributed by atoms with Crippen molar-refractivity contribution in [3.05, 3.63) is 23.8 Å². The van der Waals surface area contributed by atoms with Gasteiger partial charge in [0.15, 0.2) is 0 Å². The summed E-state index contributed by atoms with van der Waals surface area (Å²) in [5.74, 6) is 0.000000000000000222. The molecule has 10 heavy (non-hydrogen) atoms. The standard InChI is InChI=1S/C8H11NO/c1-4-7-5(2)6(3)9-8(7)10/h4,6H,1H2,2-3H3,(H,9,10). The van der Waals surface area contributed by atoms with Crippen molar-refractivity contribution in [2.24, 2.45) is 0 Å². The van der Waals surface area contributed by atoms with Gasteiger partial charge in [-0.05, 0) is 19.4 Å². The molecule has 2 nitrogen and oxygen atoms in total. The molecule has 0 saturated carbocycles. The van der Waals surface area contributed by atoms with Gasteiger partial charge >= 0.3 is 0 Å². The zero-order chi connectivity index (χ0) is 7.72. The quantitative estimate of drug-likeness (QED) is 0.574. The molecule has 54 valence electrons. The van der Waals surface area contributed by atoms with Crippen LogP contribution in [0.2, 0.25) is 0 Å². The van der Waals surface area contributed by atoms with E-state index in [9.17, 15) is 4.79 Å². The van der Waals surface area contributed by atoms with E-state index in [0.29, 0.717) is 0 Å². The van der Waals surface area contributed by atoms with Crippen LogP contribution in [0.1, 0.15) is 13.8 Å². The van der Waals surface area contributed by atoms with Crippen LogP contribution in [0.25, 0.3) is 0 Å². The second-order valence-corrected chi connectivity index (χ2v) is 2.50. The monoisotopic (exact) mass is 137 g/mol. The summed E-state index contributed by atoms with van der Waals surface area (Å²) in [6.07, 6.45) is 1.61. The van der Waals surface area contributed by atoms with Crippen molar-refractivity contribution in [2.45, 2.75) is 19.9 Å². The normalized spacial score (nSPS) is 25.0. The Morgan fingerprint density at radius 1 is 1.70 bits per heavy atom. The molecule has 0 aliphatic carbocycles. The summed E-state index contributed by atoms with van der Waals surface area (Å²) in [4.78, 5) is 11.0. The van der Waals surface area contributed by atoms with Crippen LogP contribution in [0.3, 0.4) is 0 Å². The third-order valence-corrected chi connectivity index (χ3v) is 1.87. The molecule has 0 bridgehead atoms. The molecule has 1 aliphatic heterocycles. The molecule has 1 atom stereocenters. The first-order valence-corrected chi connectivity index (χ1v) is 3.31. The van der Waals surface area contributed by atoms with Crippen LogP contribution in [0.5, 0.6) is 0 Å². The topological polar surface area (TPSA) is 29.1 Å². The number of carbonyl (C=O) groups excluding carboxylic acids is 1. The molecule has 1 aliphatic rings. The predicted octanol–water partition coefficient (Wildman–Crippen LogP) is 1.01. The molecular formula is C8H11NO. The Bertz CT molecular complexity index is 215. The van der Waals surface area contributed by atoms with Crippen molar-refractivity contribution in [3.63, 3.8) is 0 Å². The molecule has 0 aromatic heterocycles. The van der Waals surface area contributed by atoms with Gasteiger partial charge in [-0.3, -0.25) is 4.79 Å². The average Bonchev–Trinajstić information content (AvgIpc) is 2.09. The van der Waals surface area contributed by atoms with E-state index in [1.165, 1.54) is 0 Å². The van der Waals surface area contributed by atoms with Crippen molar-refractivity contribution in [1.82, 2.24) is 5.32 Å². The number of hydrogen-bond acceptors (Lipinski definition) is 1. The lowest BCUT2D eigenvalue weighted by molar-refractivity contribution is -0.116. The molecule has 1 N–H and O–H groups in total. The van der Waals surface area contributed by atoms with Crippen LogP contribution in [0.4, 0.5) is 0 Å². The van der Waals surface area contributed by atoms with Gasteiger partial charge in [0.25, 0.3) is 5.91 Å². The molecule has 0 radical (unpaired) electrons. The molecule has 2 heteroatoms. The van der Waals surface area contributed by atoms with E-state index in [1.54, 1.807) is 6.08 Å². The lowest BCUT2D eigenvalue weighted by Gasteiger charge is -2.01. The summed E-state index contributed by atoms with van der Waals surface area (Å²) >= 11 is 0. The maximum atomic E-state index is 11.0. The lowest BCUT2D eigenvalue weighted by Crippen LogP contribution is -2.25. The van der Waals surface area contributed by atoms with Crippen LogP contribution < -0.4 is 5.32 Å². The Kier molecular flexibility index (Phi) is 1.62. The average molecular weight is 137 g/mol. The molecule has 0 fully saturated rings. The summed E-state index contributed by atoms with van der Waals surface area (Å²) in [7, 11) is 0. The van der Waals surface area contributed by atoms with Crippen LogP contribution in [0, 0.1) is 0 Å². The van der Waals surface area contributed by atoms with Crippen LogP contribution in [-0.2, 0) is 4.79 Å². The van der Waals surface area contributed by atoms with Gasteiger partial charge in [0.1, 0.15) is 0 Å². The summed E-state index contributed by atoms with van der Waals surface area (Å²) in [5.41, 5.74) is 1.81. The Balaban J connectivity index is 3.01. The Morgan fingerprint density at radius 2 is 2.30 bits per heavy atom. The number of amides is 1. The molecule has 0 aromatic carbocycles. The number of rotatable bonds is 1. The van der Waals surface area contributed by atoms with E-state index >= 15 is 0 Å². The highest BCUT2D eigenvalue weighted by atomic mass is 16.2.